The number of hydrogen-bond donors (Lipinski definition) is 2. The maximum atomic E-state index is 12.3. The first-order valence-electron chi connectivity index (χ1n) is 8.88. The predicted octanol–water partition coefficient (Wildman–Crippen LogP) is 2.57. The molecule has 1 aromatic carbocycles. The van der Waals surface area contributed by atoms with Gasteiger partial charge >= 0.3 is 0 Å². The molecule has 5 heteroatoms. The summed E-state index contributed by atoms with van der Waals surface area (Å²) in [7, 11) is 2.07. The van der Waals surface area contributed by atoms with Crippen molar-refractivity contribution in [1.82, 2.24) is 10.6 Å². The van der Waals surface area contributed by atoms with Crippen LogP contribution in [-0.2, 0) is 4.79 Å². The third-order valence-corrected chi connectivity index (χ3v) is 4.54. The van der Waals surface area contributed by atoms with Crippen LogP contribution in [0.15, 0.2) is 24.3 Å². The van der Waals surface area contributed by atoms with Crippen LogP contribution in [0.25, 0.3) is 0 Å². The lowest BCUT2D eigenvalue weighted by Crippen LogP contribution is -2.43. The molecule has 1 aliphatic rings. The summed E-state index contributed by atoms with van der Waals surface area (Å²) in [5.41, 5.74) is 1.79. The molecule has 1 heterocycles. The minimum absolute atomic E-state index is 0.0728. The Hall–Kier alpha value is -2.04. The average molecular weight is 331 g/mol. The minimum Gasteiger partial charge on any atom is -0.375 e. The number of unbranched alkanes of at least 4 members (excludes halogenated alkanes) is 1. The number of anilines is 1. The van der Waals surface area contributed by atoms with Gasteiger partial charge in [-0.2, -0.15) is 0 Å². The first-order chi connectivity index (χ1) is 11.5. The lowest BCUT2D eigenvalue weighted by atomic mass is 9.92. The lowest BCUT2D eigenvalue weighted by Gasteiger charge is -2.27. The fourth-order valence-corrected chi connectivity index (χ4v) is 3.12. The Morgan fingerprint density at radius 3 is 2.67 bits per heavy atom. The summed E-state index contributed by atoms with van der Waals surface area (Å²) >= 11 is 0. The molecule has 5 nitrogen and oxygen atoms in total. The minimum atomic E-state index is -0.0728. The molecular formula is C19H29N3O2. The zero-order chi connectivity index (χ0) is 17.5. The summed E-state index contributed by atoms with van der Waals surface area (Å²) < 4.78 is 0. The van der Waals surface area contributed by atoms with E-state index in [0.29, 0.717) is 18.5 Å². The molecule has 0 aromatic heterocycles. The summed E-state index contributed by atoms with van der Waals surface area (Å²) in [6, 6.07) is 7.89. The number of nitrogens with one attached hydrogen (secondary N) is 2. The maximum Gasteiger partial charge on any atom is 0.251 e. The van der Waals surface area contributed by atoms with E-state index in [2.05, 4.69) is 29.5 Å². The van der Waals surface area contributed by atoms with Crippen LogP contribution in [0, 0.1) is 5.92 Å². The molecule has 2 N–H and O–H groups in total. The van der Waals surface area contributed by atoms with Crippen LogP contribution in [0.5, 0.6) is 0 Å². The molecule has 0 radical (unpaired) electrons. The van der Waals surface area contributed by atoms with Gasteiger partial charge in [-0.1, -0.05) is 13.3 Å². The van der Waals surface area contributed by atoms with Crippen molar-refractivity contribution >= 4 is 17.5 Å². The van der Waals surface area contributed by atoms with Gasteiger partial charge in [0, 0.05) is 43.9 Å². The zero-order valence-electron chi connectivity index (χ0n) is 15.0. The standard InChI is InChI=1S/C19H29N3O2/c1-4-5-10-22(3)17-8-6-16(7-9-17)19(24)20-13-15-11-14(2)21-18(23)12-15/h6-9,14-15H,4-5,10-13H2,1-3H3,(H,20,24)(H,21,23)/t14-,15+/m1/s1. The van der Waals surface area contributed by atoms with Gasteiger partial charge in [0.25, 0.3) is 5.91 Å². The smallest absolute Gasteiger partial charge is 0.251 e. The highest BCUT2D eigenvalue weighted by atomic mass is 16.2. The quantitative estimate of drug-likeness (QED) is 0.807. The first kappa shape index (κ1) is 18.3. The Morgan fingerprint density at radius 2 is 2.04 bits per heavy atom. The van der Waals surface area contributed by atoms with Crippen molar-refractivity contribution in [3.8, 4) is 0 Å². The maximum absolute atomic E-state index is 12.3. The highest BCUT2D eigenvalue weighted by Gasteiger charge is 2.24. The SMILES string of the molecule is CCCCN(C)c1ccc(C(=O)NC[C@@H]2CC(=O)N[C@H](C)C2)cc1. The van der Waals surface area contributed by atoms with E-state index in [0.717, 1.165) is 25.1 Å². The molecule has 1 aliphatic heterocycles. The number of carbonyl (C=O) groups is 2. The fraction of sp³-hybridized carbons (Fsp3) is 0.579. The Morgan fingerprint density at radius 1 is 1.33 bits per heavy atom. The van der Waals surface area contributed by atoms with Crippen molar-refractivity contribution in [3.05, 3.63) is 29.8 Å². The molecule has 0 spiro atoms. The van der Waals surface area contributed by atoms with E-state index in [4.69, 9.17) is 0 Å². The number of amides is 2. The number of piperidine rings is 1. The van der Waals surface area contributed by atoms with E-state index in [1.54, 1.807) is 0 Å². The summed E-state index contributed by atoms with van der Waals surface area (Å²) in [5.74, 6) is 0.223. The van der Waals surface area contributed by atoms with Gasteiger partial charge in [0.1, 0.15) is 0 Å². The van der Waals surface area contributed by atoms with Crippen LogP contribution in [0.4, 0.5) is 5.69 Å². The third-order valence-electron chi connectivity index (χ3n) is 4.54. The van der Waals surface area contributed by atoms with Crippen molar-refractivity contribution in [2.45, 2.75) is 45.6 Å². The molecule has 1 aromatic rings. The molecule has 2 rings (SSSR count). The number of benzene rings is 1. The van der Waals surface area contributed by atoms with E-state index in [1.807, 2.05) is 31.2 Å². The van der Waals surface area contributed by atoms with Gasteiger partial charge < -0.3 is 15.5 Å². The molecular weight excluding hydrogens is 302 g/mol. The van der Waals surface area contributed by atoms with Gasteiger partial charge in [-0.15, -0.1) is 0 Å². The van der Waals surface area contributed by atoms with Crippen LogP contribution in [0.1, 0.15) is 49.9 Å². The molecule has 132 valence electrons. The van der Waals surface area contributed by atoms with Crippen molar-refractivity contribution in [2.24, 2.45) is 5.92 Å². The van der Waals surface area contributed by atoms with Crippen LogP contribution in [-0.4, -0.2) is 38.0 Å². The predicted molar refractivity (Wildman–Crippen MR) is 97.3 cm³/mol. The molecule has 24 heavy (non-hydrogen) atoms. The second-order valence-corrected chi connectivity index (χ2v) is 6.81. The highest BCUT2D eigenvalue weighted by molar-refractivity contribution is 5.94. The second kappa shape index (κ2) is 8.71. The monoisotopic (exact) mass is 331 g/mol. The van der Waals surface area contributed by atoms with E-state index in [-0.39, 0.29) is 23.8 Å². The molecule has 1 saturated heterocycles. The van der Waals surface area contributed by atoms with E-state index < -0.39 is 0 Å². The largest absolute Gasteiger partial charge is 0.375 e. The molecule has 0 unspecified atom stereocenters. The lowest BCUT2D eigenvalue weighted by molar-refractivity contribution is -0.124. The Balaban J connectivity index is 1.85. The Bertz CT molecular complexity index is 556. The van der Waals surface area contributed by atoms with Crippen molar-refractivity contribution in [2.75, 3.05) is 25.0 Å². The van der Waals surface area contributed by atoms with E-state index >= 15 is 0 Å². The second-order valence-electron chi connectivity index (χ2n) is 6.81. The zero-order valence-corrected chi connectivity index (χ0v) is 15.0. The van der Waals surface area contributed by atoms with Gasteiger partial charge in [0.2, 0.25) is 5.91 Å². The number of hydrogen-bond acceptors (Lipinski definition) is 3. The van der Waals surface area contributed by atoms with Gasteiger partial charge in [0.05, 0.1) is 0 Å². The number of rotatable bonds is 7. The van der Waals surface area contributed by atoms with Crippen molar-refractivity contribution in [1.29, 1.82) is 0 Å². The normalized spacial score (nSPS) is 20.4. The van der Waals surface area contributed by atoms with E-state index in [9.17, 15) is 9.59 Å². The summed E-state index contributed by atoms with van der Waals surface area (Å²) in [5, 5.41) is 5.86. The molecule has 2 amide bonds. The average Bonchev–Trinajstić information content (AvgIpc) is 2.57. The third kappa shape index (κ3) is 5.25. The first-order valence-corrected chi connectivity index (χ1v) is 8.88. The van der Waals surface area contributed by atoms with Gasteiger partial charge in [-0.3, -0.25) is 9.59 Å². The topological polar surface area (TPSA) is 61.4 Å². The van der Waals surface area contributed by atoms with Gasteiger partial charge in [-0.05, 0) is 49.9 Å². The summed E-state index contributed by atoms with van der Waals surface area (Å²) in [6.45, 7) is 5.75. The van der Waals surface area contributed by atoms with E-state index in [1.165, 1.54) is 6.42 Å². The highest BCUT2D eigenvalue weighted by Crippen LogP contribution is 2.17. The fourth-order valence-electron chi connectivity index (χ4n) is 3.12. The molecule has 2 atom stereocenters. The summed E-state index contributed by atoms with van der Waals surface area (Å²) in [4.78, 5) is 26.0. The van der Waals surface area contributed by atoms with Crippen LogP contribution in [0.3, 0.4) is 0 Å². The molecule has 1 fully saturated rings. The van der Waals surface area contributed by atoms with Gasteiger partial charge in [0.15, 0.2) is 0 Å². The Labute approximate surface area is 144 Å². The molecule has 0 bridgehead atoms. The molecule has 0 saturated carbocycles. The Kier molecular flexibility index (Phi) is 6.64. The number of carbonyl (C=O) groups excluding carboxylic acids is 2. The van der Waals surface area contributed by atoms with Crippen LogP contribution >= 0.6 is 0 Å². The molecule has 0 aliphatic carbocycles. The van der Waals surface area contributed by atoms with Crippen molar-refractivity contribution in [3.63, 3.8) is 0 Å². The van der Waals surface area contributed by atoms with Crippen molar-refractivity contribution < 1.29 is 9.59 Å². The van der Waals surface area contributed by atoms with Crippen LogP contribution < -0.4 is 15.5 Å². The van der Waals surface area contributed by atoms with Crippen LogP contribution in [0.2, 0.25) is 0 Å². The number of nitrogens with zero attached hydrogens (tertiary/aromatic N) is 1. The van der Waals surface area contributed by atoms with Gasteiger partial charge in [-0.25, -0.2) is 0 Å². The summed E-state index contributed by atoms with van der Waals surface area (Å²) in [6.07, 6.45) is 3.73.